The first kappa shape index (κ1) is 20.3. The van der Waals surface area contributed by atoms with E-state index in [1.54, 1.807) is 31.4 Å². The van der Waals surface area contributed by atoms with Crippen LogP contribution in [0, 0.1) is 0 Å². The van der Waals surface area contributed by atoms with E-state index in [2.05, 4.69) is 5.32 Å². The zero-order chi connectivity index (χ0) is 18.2. The number of hydrogen-bond donors (Lipinski definition) is 1. The maximum absolute atomic E-state index is 12.0. The molecule has 8 heteroatoms. The first-order chi connectivity index (χ1) is 11.2. The van der Waals surface area contributed by atoms with Gasteiger partial charge in [0.25, 0.3) is 0 Å². The fourth-order valence-electron chi connectivity index (χ4n) is 2.09. The van der Waals surface area contributed by atoms with E-state index in [4.69, 9.17) is 4.74 Å². The van der Waals surface area contributed by atoms with Gasteiger partial charge in [0.05, 0.1) is 6.26 Å². The molecule has 0 unspecified atom stereocenters. The maximum atomic E-state index is 12.0. The predicted octanol–water partition coefficient (Wildman–Crippen LogP) is 1.52. The average molecular weight is 356 g/mol. The number of anilines is 1. The van der Waals surface area contributed by atoms with Crippen molar-refractivity contribution in [2.24, 2.45) is 0 Å². The van der Waals surface area contributed by atoms with E-state index in [1.807, 2.05) is 0 Å². The second-order valence-corrected chi connectivity index (χ2v) is 7.43. The van der Waals surface area contributed by atoms with Gasteiger partial charge >= 0.3 is 0 Å². The molecule has 0 aromatic heterocycles. The first-order valence-corrected chi connectivity index (χ1v) is 9.44. The highest BCUT2D eigenvalue weighted by atomic mass is 32.2. The van der Waals surface area contributed by atoms with Gasteiger partial charge in [0, 0.05) is 44.5 Å². The third kappa shape index (κ3) is 7.20. The summed E-state index contributed by atoms with van der Waals surface area (Å²) in [6.07, 6.45) is 1.71. The molecule has 0 radical (unpaired) electrons. The molecule has 0 aliphatic carbocycles. The Kier molecular flexibility index (Phi) is 8.03. The van der Waals surface area contributed by atoms with Gasteiger partial charge in [-0.25, -0.2) is 12.7 Å². The molecule has 0 saturated carbocycles. The largest absolute Gasteiger partial charge is 0.385 e. The highest BCUT2D eigenvalue weighted by Crippen LogP contribution is 2.12. The summed E-state index contributed by atoms with van der Waals surface area (Å²) in [7, 11) is -1.83. The molecule has 0 aliphatic heterocycles. The van der Waals surface area contributed by atoms with Crippen LogP contribution in [0.1, 0.15) is 30.1 Å². The van der Waals surface area contributed by atoms with Crippen molar-refractivity contribution < 1.29 is 22.7 Å². The lowest BCUT2D eigenvalue weighted by molar-refractivity contribution is -0.116. The molecule has 7 nitrogen and oxygen atoms in total. The number of nitrogens with one attached hydrogen (secondary N) is 1. The van der Waals surface area contributed by atoms with Crippen molar-refractivity contribution in [3.05, 3.63) is 29.8 Å². The topological polar surface area (TPSA) is 92.8 Å². The van der Waals surface area contributed by atoms with Crippen LogP contribution < -0.4 is 5.32 Å². The molecule has 1 amide bonds. The minimum absolute atomic E-state index is 0.0321. The zero-order valence-corrected chi connectivity index (χ0v) is 15.1. The molecular formula is C16H24N2O5S. The summed E-state index contributed by atoms with van der Waals surface area (Å²) < 4.78 is 29.6. The fourth-order valence-corrected chi connectivity index (χ4v) is 2.98. The molecule has 24 heavy (non-hydrogen) atoms. The third-order valence-corrected chi connectivity index (χ3v) is 4.67. The van der Waals surface area contributed by atoms with Crippen LogP contribution in [0.15, 0.2) is 24.3 Å². The Hall–Kier alpha value is -1.77. The molecule has 1 rings (SSSR count). The number of benzene rings is 1. The van der Waals surface area contributed by atoms with E-state index in [1.165, 1.54) is 11.2 Å². The molecule has 0 fully saturated rings. The number of hydrogen-bond acceptors (Lipinski definition) is 5. The van der Waals surface area contributed by atoms with Crippen LogP contribution in [0.5, 0.6) is 0 Å². The second kappa shape index (κ2) is 9.51. The number of Topliss-reactive ketones (excluding diaryl/α,β-unsaturated/α-hetero) is 1. The van der Waals surface area contributed by atoms with Crippen LogP contribution in [0.25, 0.3) is 0 Å². The summed E-state index contributed by atoms with van der Waals surface area (Å²) in [6, 6.07) is 6.61. The van der Waals surface area contributed by atoms with Gasteiger partial charge in [-0.15, -0.1) is 0 Å². The smallest absolute Gasteiger partial charge is 0.225 e. The molecule has 0 bridgehead atoms. The molecule has 0 saturated heterocycles. The number of ether oxygens (including phenoxy) is 1. The van der Waals surface area contributed by atoms with Gasteiger partial charge < -0.3 is 10.1 Å². The van der Waals surface area contributed by atoms with Gasteiger partial charge in [-0.1, -0.05) is 12.1 Å². The minimum atomic E-state index is -3.38. The van der Waals surface area contributed by atoms with Gasteiger partial charge in [0.1, 0.15) is 0 Å². The number of rotatable bonds is 10. The number of ketones is 1. The Bertz CT molecular complexity index is 673. The first-order valence-electron chi connectivity index (χ1n) is 7.59. The normalized spacial score (nSPS) is 11.5. The summed E-state index contributed by atoms with van der Waals surface area (Å²) in [5.74, 6) is -0.399. The Labute approximate surface area is 143 Å². The predicted molar refractivity (Wildman–Crippen MR) is 92.6 cm³/mol. The van der Waals surface area contributed by atoms with Crippen molar-refractivity contribution in [1.29, 1.82) is 0 Å². The average Bonchev–Trinajstić information content (AvgIpc) is 2.49. The zero-order valence-electron chi connectivity index (χ0n) is 14.2. The second-order valence-electron chi connectivity index (χ2n) is 5.44. The fraction of sp³-hybridized carbons (Fsp3) is 0.500. The van der Waals surface area contributed by atoms with Crippen LogP contribution in [-0.4, -0.2) is 57.5 Å². The van der Waals surface area contributed by atoms with Crippen LogP contribution in [-0.2, 0) is 19.6 Å². The molecule has 1 aromatic carbocycles. The Morgan fingerprint density at radius 3 is 2.54 bits per heavy atom. The Morgan fingerprint density at radius 2 is 1.96 bits per heavy atom. The maximum Gasteiger partial charge on any atom is 0.225 e. The minimum Gasteiger partial charge on any atom is -0.385 e. The van der Waals surface area contributed by atoms with Crippen molar-refractivity contribution in [3.8, 4) is 0 Å². The summed E-state index contributed by atoms with van der Waals surface area (Å²) in [4.78, 5) is 23.4. The number of amides is 1. The number of carbonyl (C=O) groups is 2. The molecule has 134 valence electrons. The lowest BCUT2D eigenvalue weighted by Gasteiger charge is -2.19. The van der Waals surface area contributed by atoms with E-state index in [-0.39, 0.29) is 24.7 Å². The standard InChI is InChI=1S/C16H24N2O5S/c1-13(19)14-6-4-7-15(12-14)17-16(20)8-10-18(24(3,21)22)9-5-11-23-2/h4,6-7,12H,5,8-11H2,1-3H3,(H,17,20). The highest BCUT2D eigenvalue weighted by molar-refractivity contribution is 7.88. The Morgan fingerprint density at radius 1 is 1.25 bits per heavy atom. The molecule has 1 aromatic rings. The summed E-state index contributed by atoms with van der Waals surface area (Å²) in [6.45, 7) is 2.31. The van der Waals surface area contributed by atoms with E-state index >= 15 is 0 Å². The van der Waals surface area contributed by atoms with Crippen molar-refractivity contribution in [1.82, 2.24) is 4.31 Å². The monoisotopic (exact) mass is 356 g/mol. The van der Waals surface area contributed by atoms with Crippen molar-refractivity contribution in [3.63, 3.8) is 0 Å². The molecule has 1 N–H and O–H groups in total. The molecule has 0 aliphatic rings. The highest BCUT2D eigenvalue weighted by Gasteiger charge is 2.17. The van der Waals surface area contributed by atoms with Crippen LogP contribution in [0.4, 0.5) is 5.69 Å². The van der Waals surface area contributed by atoms with Crippen molar-refractivity contribution >= 4 is 27.4 Å². The van der Waals surface area contributed by atoms with Gasteiger partial charge in [-0.05, 0) is 25.5 Å². The third-order valence-electron chi connectivity index (χ3n) is 3.37. The summed E-state index contributed by atoms with van der Waals surface area (Å²) in [5, 5.41) is 2.67. The lowest BCUT2D eigenvalue weighted by atomic mass is 10.1. The van der Waals surface area contributed by atoms with E-state index < -0.39 is 10.0 Å². The number of methoxy groups -OCH3 is 1. The number of carbonyl (C=O) groups excluding carboxylic acids is 2. The number of sulfonamides is 1. The van der Waals surface area contributed by atoms with Gasteiger partial charge in [-0.3, -0.25) is 9.59 Å². The van der Waals surface area contributed by atoms with Crippen molar-refractivity contribution in [2.45, 2.75) is 19.8 Å². The summed E-state index contributed by atoms with van der Waals surface area (Å²) >= 11 is 0. The van der Waals surface area contributed by atoms with Crippen LogP contribution >= 0.6 is 0 Å². The van der Waals surface area contributed by atoms with Gasteiger partial charge in [-0.2, -0.15) is 0 Å². The van der Waals surface area contributed by atoms with Gasteiger partial charge in [0.2, 0.25) is 15.9 Å². The Balaban J connectivity index is 2.59. The molecule has 0 atom stereocenters. The molecule has 0 spiro atoms. The SMILES string of the molecule is COCCCN(CCC(=O)Nc1cccc(C(C)=O)c1)S(C)(=O)=O. The van der Waals surface area contributed by atoms with Crippen LogP contribution in [0.3, 0.4) is 0 Å². The quantitative estimate of drug-likeness (QED) is 0.507. The van der Waals surface area contributed by atoms with E-state index in [0.717, 1.165) is 6.26 Å². The van der Waals surface area contributed by atoms with Crippen LogP contribution in [0.2, 0.25) is 0 Å². The van der Waals surface area contributed by atoms with Crippen molar-refractivity contribution in [2.75, 3.05) is 38.4 Å². The van der Waals surface area contributed by atoms with Gasteiger partial charge in [0.15, 0.2) is 5.78 Å². The molecule has 0 heterocycles. The van der Waals surface area contributed by atoms with E-state index in [9.17, 15) is 18.0 Å². The number of nitrogens with zero attached hydrogens (tertiary/aromatic N) is 1. The lowest BCUT2D eigenvalue weighted by Crippen LogP contribution is -2.34. The summed E-state index contributed by atoms with van der Waals surface area (Å²) in [5.41, 5.74) is 1.02. The van der Waals surface area contributed by atoms with E-state index in [0.29, 0.717) is 30.8 Å². The molecular weight excluding hydrogens is 332 g/mol.